The van der Waals surface area contributed by atoms with Gasteiger partial charge in [-0.1, -0.05) is 59.6 Å². The van der Waals surface area contributed by atoms with Crippen molar-refractivity contribution in [2.45, 2.75) is 39.3 Å². The first-order chi connectivity index (χ1) is 14.7. The van der Waals surface area contributed by atoms with Crippen molar-refractivity contribution < 1.29 is 14.7 Å². The van der Waals surface area contributed by atoms with Crippen LogP contribution in [0.5, 0.6) is 0 Å². The average Bonchev–Trinajstić information content (AvgIpc) is 2.89. The van der Waals surface area contributed by atoms with Crippen molar-refractivity contribution in [2.24, 2.45) is 0 Å². The van der Waals surface area contributed by atoms with Gasteiger partial charge < -0.3 is 10.0 Å². The van der Waals surface area contributed by atoms with Gasteiger partial charge in [0.25, 0.3) is 5.91 Å². The van der Waals surface area contributed by atoms with Crippen LogP contribution in [0.3, 0.4) is 0 Å². The van der Waals surface area contributed by atoms with Crippen LogP contribution in [0.1, 0.15) is 44.6 Å². The van der Waals surface area contributed by atoms with Crippen molar-refractivity contribution in [1.82, 2.24) is 0 Å². The molecule has 1 N–H and O–H groups in total. The summed E-state index contributed by atoms with van der Waals surface area (Å²) in [4.78, 5) is 28.3. The number of amides is 1. The molecule has 0 aromatic heterocycles. The van der Waals surface area contributed by atoms with E-state index in [9.17, 15) is 14.7 Å². The third-order valence-electron chi connectivity index (χ3n) is 5.85. The second-order valence-corrected chi connectivity index (χ2v) is 8.71. The maximum Gasteiger partial charge on any atom is 0.264 e. The zero-order chi connectivity index (χ0) is 22.3. The molecule has 31 heavy (non-hydrogen) atoms. The molecule has 1 aliphatic rings. The number of Topliss-reactive ketones (excluding diaryl/α,β-unsaturated/α-hetero) is 1. The number of aliphatic hydroxyl groups is 1. The SMILES string of the molecule is Cc1cc(C)c(C(=O)CC2(O)C(=O)N(Cc3ccccc3)c3ccc(Cl)cc32)c(C)c1. The summed E-state index contributed by atoms with van der Waals surface area (Å²) in [5.74, 6) is -0.775. The quantitative estimate of drug-likeness (QED) is 0.557. The fourth-order valence-electron chi connectivity index (χ4n) is 4.56. The van der Waals surface area contributed by atoms with Crippen LogP contribution >= 0.6 is 11.6 Å². The van der Waals surface area contributed by atoms with Crippen molar-refractivity contribution in [3.63, 3.8) is 0 Å². The summed E-state index contributed by atoms with van der Waals surface area (Å²) in [6.07, 6.45) is -0.338. The molecule has 0 saturated heterocycles. The van der Waals surface area contributed by atoms with Gasteiger partial charge >= 0.3 is 0 Å². The molecule has 158 valence electrons. The van der Waals surface area contributed by atoms with Gasteiger partial charge in [0.05, 0.1) is 18.7 Å². The van der Waals surface area contributed by atoms with E-state index in [0.717, 1.165) is 22.3 Å². The van der Waals surface area contributed by atoms with E-state index in [0.29, 0.717) is 28.4 Å². The Bertz CT molecular complexity index is 1170. The highest BCUT2D eigenvalue weighted by Gasteiger charge is 2.51. The number of hydrogen-bond acceptors (Lipinski definition) is 3. The van der Waals surface area contributed by atoms with E-state index < -0.39 is 11.5 Å². The second-order valence-electron chi connectivity index (χ2n) is 8.27. The zero-order valence-corrected chi connectivity index (χ0v) is 18.5. The number of hydrogen-bond donors (Lipinski definition) is 1. The Labute approximate surface area is 187 Å². The molecule has 0 bridgehead atoms. The van der Waals surface area contributed by atoms with Gasteiger partial charge in [0.15, 0.2) is 11.4 Å². The highest BCUT2D eigenvalue weighted by molar-refractivity contribution is 6.31. The minimum Gasteiger partial charge on any atom is -0.375 e. The molecule has 1 aliphatic heterocycles. The van der Waals surface area contributed by atoms with E-state index in [1.54, 1.807) is 18.2 Å². The van der Waals surface area contributed by atoms with Gasteiger partial charge in [-0.15, -0.1) is 0 Å². The highest BCUT2D eigenvalue weighted by atomic mass is 35.5. The molecule has 4 rings (SSSR count). The van der Waals surface area contributed by atoms with Gasteiger partial charge in [-0.3, -0.25) is 9.59 Å². The van der Waals surface area contributed by atoms with E-state index in [2.05, 4.69) is 0 Å². The summed E-state index contributed by atoms with van der Waals surface area (Å²) >= 11 is 6.20. The number of fused-ring (bicyclic) bond motifs is 1. The lowest BCUT2D eigenvalue weighted by molar-refractivity contribution is -0.136. The average molecular weight is 434 g/mol. The van der Waals surface area contributed by atoms with Crippen molar-refractivity contribution in [3.8, 4) is 0 Å². The van der Waals surface area contributed by atoms with Crippen LogP contribution in [-0.2, 0) is 16.9 Å². The van der Waals surface area contributed by atoms with Gasteiger partial charge in [0.2, 0.25) is 0 Å². The van der Waals surface area contributed by atoms with Gasteiger partial charge in [0, 0.05) is 16.1 Å². The van der Waals surface area contributed by atoms with Gasteiger partial charge in [0.1, 0.15) is 0 Å². The first-order valence-corrected chi connectivity index (χ1v) is 10.6. The van der Waals surface area contributed by atoms with Gasteiger partial charge in [-0.05, 0) is 55.7 Å². The summed E-state index contributed by atoms with van der Waals surface area (Å²) in [5, 5.41) is 12.0. The smallest absolute Gasteiger partial charge is 0.264 e. The Morgan fingerprint density at radius 2 is 1.65 bits per heavy atom. The Kier molecular flexibility index (Phi) is 5.46. The van der Waals surface area contributed by atoms with Crippen LogP contribution in [0.15, 0.2) is 60.7 Å². The number of nitrogens with zero attached hydrogens (tertiary/aromatic N) is 1. The lowest BCUT2D eigenvalue weighted by Gasteiger charge is -2.23. The lowest BCUT2D eigenvalue weighted by Crippen LogP contribution is -2.41. The molecule has 1 atom stereocenters. The maximum atomic E-state index is 13.5. The number of ketones is 1. The molecule has 5 heteroatoms. The number of aryl methyl sites for hydroxylation is 3. The van der Waals surface area contributed by atoms with E-state index in [1.807, 2.05) is 63.2 Å². The summed E-state index contributed by atoms with van der Waals surface area (Å²) in [5.41, 5.74) is 3.20. The third kappa shape index (κ3) is 3.78. The molecular formula is C26H24ClNO3. The number of rotatable bonds is 5. The summed E-state index contributed by atoms with van der Waals surface area (Å²) in [7, 11) is 0. The van der Waals surface area contributed by atoms with Crippen molar-refractivity contribution >= 4 is 29.0 Å². The van der Waals surface area contributed by atoms with Crippen LogP contribution in [-0.4, -0.2) is 16.8 Å². The number of halogens is 1. The Morgan fingerprint density at radius 3 is 2.29 bits per heavy atom. The van der Waals surface area contributed by atoms with Crippen molar-refractivity contribution in [1.29, 1.82) is 0 Å². The van der Waals surface area contributed by atoms with Gasteiger partial charge in [-0.25, -0.2) is 0 Å². The Morgan fingerprint density at radius 1 is 1.00 bits per heavy atom. The van der Waals surface area contributed by atoms with E-state index in [1.165, 1.54) is 4.90 Å². The summed E-state index contributed by atoms with van der Waals surface area (Å²) in [6.45, 7) is 6.02. The van der Waals surface area contributed by atoms with Crippen molar-refractivity contribution in [3.05, 3.63) is 99.1 Å². The molecule has 3 aromatic rings. The molecule has 3 aromatic carbocycles. The van der Waals surface area contributed by atoms with E-state index >= 15 is 0 Å². The first kappa shape index (κ1) is 21.3. The molecule has 0 saturated carbocycles. The number of anilines is 1. The van der Waals surface area contributed by atoms with E-state index in [4.69, 9.17) is 11.6 Å². The molecule has 0 aliphatic carbocycles. The molecule has 4 nitrogen and oxygen atoms in total. The number of carbonyl (C=O) groups excluding carboxylic acids is 2. The van der Waals surface area contributed by atoms with Crippen LogP contribution in [0.25, 0.3) is 0 Å². The predicted octanol–water partition coefficient (Wildman–Crippen LogP) is 5.27. The van der Waals surface area contributed by atoms with Crippen LogP contribution in [0, 0.1) is 20.8 Å². The molecular weight excluding hydrogens is 410 g/mol. The third-order valence-corrected chi connectivity index (χ3v) is 6.08. The van der Waals surface area contributed by atoms with Gasteiger partial charge in [-0.2, -0.15) is 0 Å². The zero-order valence-electron chi connectivity index (χ0n) is 17.8. The molecule has 1 amide bonds. The molecule has 0 radical (unpaired) electrons. The standard InChI is InChI=1S/C26H24ClNO3/c1-16-11-17(2)24(18(3)12-16)23(29)14-26(31)21-13-20(27)9-10-22(21)28(25(26)30)15-19-7-5-4-6-8-19/h4-13,31H,14-15H2,1-3H3. The van der Waals surface area contributed by atoms with E-state index in [-0.39, 0.29) is 12.2 Å². The van der Waals surface area contributed by atoms with Crippen molar-refractivity contribution in [2.75, 3.05) is 4.90 Å². The number of carbonyl (C=O) groups is 2. The Hall–Kier alpha value is -2.95. The Balaban J connectivity index is 1.74. The molecule has 1 heterocycles. The maximum absolute atomic E-state index is 13.5. The summed E-state index contributed by atoms with van der Waals surface area (Å²) < 4.78 is 0. The molecule has 1 unspecified atom stereocenters. The minimum absolute atomic E-state index is 0.265. The second kappa shape index (κ2) is 7.95. The normalized spacial score (nSPS) is 17.7. The number of benzene rings is 3. The predicted molar refractivity (Wildman–Crippen MR) is 123 cm³/mol. The topological polar surface area (TPSA) is 57.6 Å². The molecule has 0 fully saturated rings. The monoisotopic (exact) mass is 433 g/mol. The first-order valence-electron chi connectivity index (χ1n) is 10.2. The van der Waals surface area contributed by atoms with Crippen LogP contribution < -0.4 is 4.90 Å². The van der Waals surface area contributed by atoms with Crippen LogP contribution in [0.2, 0.25) is 5.02 Å². The largest absolute Gasteiger partial charge is 0.375 e. The fourth-order valence-corrected chi connectivity index (χ4v) is 4.73. The summed E-state index contributed by atoms with van der Waals surface area (Å²) in [6, 6.07) is 18.4. The minimum atomic E-state index is -1.96. The lowest BCUT2D eigenvalue weighted by atomic mass is 9.85. The van der Waals surface area contributed by atoms with Crippen LogP contribution in [0.4, 0.5) is 5.69 Å². The highest BCUT2D eigenvalue weighted by Crippen LogP contribution is 2.45. The molecule has 0 spiro atoms. The fraction of sp³-hybridized carbons (Fsp3) is 0.231.